The number of hydrogen-bond acceptors (Lipinski definition) is 9. The molecule has 0 bridgehead atoms. The third kappa shape index (κ3) is 5.25. The van der Waals surface area contributed by atoms with E-state index < -0.39 is 4.92 Å². The van der Waals surface area contributed by atoms with Crippen LogP contribution in [0.15, 0.2) is 83.3 Å². The molecule has 0 saturated heterocycles. The van der Waals surface area contributed by atoms with E-state index in [4.69, 9.17) is 17.3 Å². The van der Waals surface area contributed by atoms with Crippen molar-refractivity contribution in [2.45, 2.75) is 6.54 Å². The number of rotatable bonds is 7. The summed E-state index contributed by atoms with van der Waals surface area (Å²) < 4.78 is 0. The zero-order valence-corrected chi connectivity index (χ0v) is 17.8. The van der Waals surface area contributed by atoms with E-state index in [9.17, 15) is 10.1 Å². The maximum absolute atomic E-state index is 10.9. The highest BCUT2D eigenvalue weighted by Crippen LogP contribution is 2.35. The lowest BCUT2D eigenvalue weighted by molar-refractivity contribution is -0.384. The number of anilines is 2. The van der Waals surface area contributed by atoms with Crippen LogP contribution in [0.3, 0.4) is 0 Å². The number of hydrogen-bond donors (Lipinski definition) is 2. The van der Waals surface area contributed by atoms with Crippen molar-refractivity contribution in [3.8, 4) is 11.4 Å². The molecule has 0 fully saturated rings. The van der Waals surface area contributed by atoms with Gasteiger partial charge in [0.1, 0.15) is 5.69 Å². The summed E-state index contributed by atoms with van der Waals surface area (Å²) in [6.45, 7) is 0.466. The number of halogens is 1. The monoisotopic (exact) mass is 460 g/mol. The van der Waals surface area contributed by atoms with Crippen molar-refractivity contribution < 1.29 is 4.92 Å². The molecule has 0 aliphatic rings. The van der Waals surface area contributed by atoms with E-state index in [1.165, 1.54) is 18.2 Å². The topological polar surface area (TPSA) is 145 Å². The molecule has 33 heavy (non-hydrogen) atoms. The maximum atomic E-state index is 10.9. The maximum Gasteiger partial charge on any atom is 0.271 e. The molecule has 0 unspecified atom stereocenters. The average Bonchev–Trinajstić information content (AvgIpc) is 2.83. The quantitative estimate of drug-likeness (QED) is 0.204. The van der Waals surface area contributed by atoms with Gasteiger partial charge in [0.15, 0.2) is 23.1 Å². The lowest BCUT2D eigenvalue weighted by atomic mass is 10.2. The van der Waals surface area contributed by atoms with Crippen molar-refractivity contribution in [1.29, 1.82) is 0 Å². The van der Waals surface area contributed by atoms with E-state index in [1.54, 1.807) is 24.5 Å². The molecule has 0 atom stereocenters. The number of nitrogens with two attached hydrogens (primary N) is 1. The number of non-ortho nitro benzene ring substituents is 1. The van der Waals surface area contributed by atoms with E-state index in [1.807, 2.05) is 30.3 Å². The predicted octanol–water partition coefficient (Wildman–Crippen LogP) is 5.71. The van der Waals surface area contributed by atoms with Crippen molar-refractivity contribution in [1.82, 2.24) is 15.0 Å². The van der Waals surface area contributed by atoms with Gasteiger partial charge in [-0.2, -0.15) is 0 Å². The Morgan fingerprint density at radius 3 is 2.48 bits per heavy atom. The average molecular weight is 461 g/mol. The lowest BCUT2D eigenvalue weighted by Crippen LogP contribution is -2.06. The fraction of sp³-hybridized carbons (Fsp3) is 0.0455. The number of nitro groups is 1. The summed E-state index contributed by atoms with van der Waals surface area (Å²) in [4.78, 5) is 23.3. The molecule has 2 aromatic heterocycles. The van der Waals surface area contributed by atoms with Crippen molar-refractivity contribution >= 4 is 40.3 Å². The summed E-state index contributed by atoms with van der Waals surface area (Å²) in [6, 6.07) is 17.2. The summed E-state index contributed by atoms with van der Waals surface area (Å²) in [5.74, 6) is 0.881. The van der Waals surface area contributed by atoms with Crippen LogP contribution in [0.2, 0.25) is 5.02 Å². The van der Waals surface area contributed by atoms with Crippen molar-refractivity contribution in [2.75, 3.05) is 11.1 Å². The third-order valence-electron chi connectivity index (χ3n) is 4.55. The van der Waals surface area contributed by atoms with Crippen molar-refractivity contribution in [2.24, 2.45) is 10.2 Å². The Balaban J connectivity index is 1.71. The largest absolute Gasteiger partial charge is 0.382 e. The van der Waals surface area contributed by atoms with E-state index in [0.717, 1.165) is 11.1 Å². The van der Waals surface area contributed by atoms with Gasteiger partial charge in [0.2, 0.25) is 0 Å². The van der Waals surface area contributed by atoms with Gasteiger partial charge >= 0.3 is 0 Å². The van der Waals surface area contributed by atoms with Gasteiger partial charge in [-0.05, 0) is 23.8 Å². The molecule has 4 aromatic rings. The van der Waals surface area contributed by atoms with Gasteiger partial charge in [0.05, 0.1) is 9.95 Å². The van der Waals surface area contributed by atoms with Gasteiger partial charge in [-0.3, -0.25) is 15.1 Å². The first-order chi connectivity index (χ1) is 16.0. The number of nitrogens with one attached hydrogen (secondary N) is 1. The number of nitrogens with zero attached hydrogens (tertiary/aromatic N) is 6. The summed E-state index contributed by atoms with van der Waals surface area (Å²) in [6.07, 6.45) is 3.27. The van der Waals surface area contributed by atoms with Crippen LogP contribution in [-0.2, 0) is 6.54 Å². The number of azo groups is 1. The highest BCUT2D eigenvalue weighted by molar-refractivity contribution is 6.33. The number of pyridine rings is 1. The van der Waals surface area contributed by atoms with E-state index in [0.29, 0.717) is 18.2 Å². The Hall–Kier alpha value is -4.44. The van der Waals surface area contributed by atoms with Gasteiger partial charge in [0, 0.05) is 36.6 Å². The molecule has 0 aliphatic heterocycles. The fourth-order valence-corrected chi connectivity index (χ4v) is 3.11. The second kappa shape index (κ2) is 9.79. The zero-order valence-electron chi connectivity index (χ0n) is 17.1. The van der Waals surface area contributed by atoms with Crippen LogP contribution < -0.4 is 11.1 Å². The third-order valence-corrected chi connectivity index (χ3v) is 4.85. The minimum atomic E-state index is -0.540. The van der Waals surface area contributed by atoms with Crippen LogP contribution in [0, 0.1) is 10.1 Å². The van der Waals surface area contributed by atoms with Crippen LogP contribution in [0.25, 0.3) is 11.4 Å². The first-order valence-electron chi connectivity index (χ1n) is 9.72. The van der Waals surface area contributed by atoms with Crippen LogP contribution in [0.4, 0.5) is 28.7 Å². The molecule has 0 saturated carbocycles. The smallest absolute Gasteiger partial charge is 0.271 e. The molecule has 2 heterocycles. The lowest BCUT2D eigenvalue weighted by Gasteiger charge is -2.12. The van der Waals surface area contributed by atoms with E-state index >= 15 is 0 Å². The highest BCUT2D eigenvalue weighted by Gasteiger charge is 2.15. The molecular weight excluding hydrogens is 444 g/mol. The molecule has 164 valence electrons. The first-order valence-corrected chi connectivity index (χ1v) is 10.1. The van der Waals surface area contributed by atoms with Crippen LogP contribution >= 0.6 is 11.6 Å². The van der Waals surface area contributed by atoms with Crippen molar-refractivity contribution in [3.05, 3.63) is 93.8 Å². The number of nitrogen functional groups attached to an aromatic ring is 1. The number of benzene rings is 2. The van der Waals surface area contributed by atoms with Crippen LogP contribution in [0.5, 0.6) is 0 Å². The summed E-state index contributed by atoms with van der Waals surface area (Å²) in [5, 5.41) is 22.6. The standard InChI is InChI=1S/C22H17ClN8O2/c23-17-12-16(31(32)33)6-7-18(17)29-30-19-20(24)27-21(15-8-10-25-11-9-15)28-22(19)26-13-14-4-2-1-3-5-14/h1-12H,13H2,(H3,24,26,27,28). The minimum absolute atomic E-state index is 0.0830. The van der Waals surface area contributed by atoms with Gasteiger partial charge in [-0.1, -0.05) is 41.9 Å². The molecule has 0 amide bonds. The van der Waals surface area contributed by atoms with E-state index in [2.05, 4.69) is 30.5 Å². The normalized spacial score (nSPS) is 10.9. The summed E-state index contributed by atoms with van der Waals surface area (Å²) >= 11 is 6.12. The van der Waals surface area contributed by atoms with Crippen molar-refractivity contribution in [3.63, 3.8) is 0 Å². The molecule has 11 heteroatoms. The molecule has 3 N–H and O–H groups in total. The molecule has 0 aliphatic carbocycles. The molecule has 2 aromatic carbocycles. The molecule has 0 radical (unpaired) electrons. The summed E-state index contributed by atoms with van der Waals surface area (Å²) in [7, 11) is 0. The minimum Gasteiger partial charge on any atom is -0.382 e. The fourth-order valence-electron chi connectivity index (χ4n) is 2.90. The van der Waals surface area contributed by atoms with Gasteiger partial charge in [-0.15, -0.1) is 10.2 Å². The summed E-state index contributed by atoms with van der Waals surface area (Å²) in [5.41, 5.74) is 8.30. The molecule has 4 rings (SSSR count). The molecule has 0 spiro atoms. The molecular formula is C22H17ClN8O2. The van der Waals surface area contributed by atoms with Crippen LogP contribution in [-0.4, -0.2) is 19.9 Å². The van der Waals surface area contributed by atoms with Gasteiger partial charge in [-0.25, -0.2) is 9.97 Å². The Morgan fingerprint density at radius 2 is 1.79 bits per heavy atom. The van der Waals surface area contributed by atoms with Gasteiger partial charge < -0.3 is 11.1 Å². The Kier molecular flexibility index (Phi) is 6.46. The van der Waals surface area contributed by atoms with E-state index in [-0.39, 0.29) is 27.9 Å². The number of aromatic nitrogens is 3. The Bertz CT molecular complexity index is 1320. The first kappa shape index (κ1) is 21.8. The van der Waals surface area contributed by atoms with Gasteiger partial charge in [0.25, 0.3) is 5.69 Å². The Morgan fingerprint density at radius 1 is 1.03 bits per heavy atom. The zero-order chi connectivity index (χ0) is 23.2. The second-order valence-corrected chi connectivity index (χ2v) is 7.20. The SMILES string of the molecule is Nc1nc(-c2ccncc2)nc(NCc2ccccc2)c1N=Nc1ccc([N+](=O)[O-])cc1Cl. The van der Waals surface area contributed by atoms with Crippen LogP contribution in [0.1, 0.15) is 5.56 Å². The molecule has 10 nitrogen and oxygen atoms in total. The predicted molar refractivity (Wildman–Crippen MR) is 126 cm³/mol. The highest BCUT2D eigenvalue weighted by atomic mass is 35.5. The Labute approximate surface area is 193 Å². The number of nitro benzene ring substituents is 1. The second-order valence-electron chi connectivity index (χ2n) is 6.80.